The molecule has 0 saturated heterocycles. The van der Waals surface area contributed by atoms with E-state index in [2.05, 4.69) is 74.1 Å². The van der Waals surface area contributed by atoms with Crippen LogP contribution in [-0.2, 0) is 103 Å². The molecule has 0 radical (unpaired) electrons. The lowest BCUT2D eigenvalue weighted by Crippen LogP contribution is -2.63. The molecule has 2 aromatic carbocycles. The van der Waals surface area contributed by atoms with Crippen LogP contribution < -0.4 is 86.4 Å². The number of hydrogen-bond donors (Lipinski definition) is 22. The number of carbonyl (C=O) groups is 14. The average molecular weight is 1860 g/mol. The number of ether oxygens (including phenoxy) is 5. The van der Waals surface area contributed by atoms with E-state index >= 15 is 0 Å². The molecule has 14 amide bonds. The Morgan fingerprint density at radius 2 is 1.03 bits per heavy atom. The summed E-state index contributed by atoms with van der Waals surface area (Å²) in [6, 6.07) is 13.6. The molecular weight excluding hydrogens is 1730 g/mol. The highest BCUT2D eigenvalue weighted by atomic mass is 31.2. The Morgan fingerprint density at radius 1 is 0.519 bits per heavy atom. The van der Waals surface area contributed by atoms with Crippen LogP contribution in [0.1, 0.15) is 171 Å². The zero-order valence-electron chi connectivity index (χ0n) is 72.9. The summed E-state index contributed by atoms with van der Waals surface area (Å²) in [6.07, 6.45) is 7.28. The number of carboxylic acids is 1. The van der Waals surface area contributed by atoms with E-state index in [1.54, 1.807) is 54.9 Å². The van der Waals surface area contributed by atoms with Gasteiger partial charge in [0.25, 0.3) is 5.08 Å². The monoisotopic (exact) mass is 1860 g/mol. The number of nitrogens with zero attached hydrogens (tertiary/aromatic N) is 2. The number of aliphatic hydroxyl groups is 1. The molecule has 1 aliphatic rings. The van der Waals surface area contributed by atoms with Crippen molar-refractivity contribution in [1.29, 1.82) is 0 Å². The number of carbonyl (C=O) groups excluding carboxylic acids is 13. The van der Waals surface area contributed by atoms with Gasteiger partial charge in [0.1, 0.15) is 30.3 Å². The van der Waals surface area contributed by atoms with Crippen LogP contribution >= 0.6 is 15.2 Å². The lowest BCUT2D eigenvalue weighted by molar-refractivity contribution is -0.138. The molecule has 1 saturated carbocycles. The maximum Gasteiger partial charge on any atom is 0.407 e. The summed E-state index contributed by atoms with van der Waals surface area (Å²) in [4.78, 5) is 221. The molecule has 3 atom stereocenters. The molecule has 1 aromatic heterocycles. The van der Waals surface area contributed by atoms with E-state index in [0.717, 1.165) is 17.5 Å². The van der Waals surface area contributed by atoms with Gasteiger partial charge in [0.05, 0.1) is 65.0 Å². The highest BCUT2D eigenvalue weighted by Gasteiger charge is 2.58. The second-order valence-electron chi connectivity index (χ2n) is 30.6. The predicted molar refractivity (Wildman–Crippen MR) is 469 cm³/mol. The number of nitrogens with one attached hydrogen (secondary N) is 13. The summed E-state index contributed by atoms with van der Waals surface area (Å²) in [7, 11) is -11.3. The minimum absolute atomic E-state index is 0.0139. The fraction of sp³-hybridized carbons (Fsp3) is 0.598. The highest BCUT2D eigenvalue weighted by Crippen LogP contribution is 2.69. The van der Waals surface area contributed by atoms with Crippen LogP contribution in [0.25, 0.3) is 0 Å². The molecule has 720 valence electrons. The van der Waals surface area contributed by atoms with Crippen molar-refractivity contribution < 1.29 is 130 Å². The molecule has 4 rings (SSSR count). The molecule has 1 heterocycles. The standard InChI is InChI=1S/C82H130N18O27P2/c1-58-16-3-4-18-63(58)98-79(114)94-62-27-24-59(25-28-62)54-73(107)96-65(20-6-11-39-88-68(102)29-26-60-17-14-37-86-55-60)76(111)97-66(21-13-23-74(108)109)77(112)99-81(34-8-2-9-35-81)78(113)92-44-49-126-53-52-125-47-42-90-70(104)31-30-69(103)89-41-46-123-50-51-124-48-43-91-71(105)32-33-72(106)95-64(75(84)110)19-5-10-38-87-67(101)22-7-12-45-100(85)56-61(83)57-127-80(115)93-40-15-36-82(116,128(117,118)119)129(120,121)122/h3-4,14,16-18,24-25,27-28,37,55-56,64-66,116H,2,5-13,15,19-23,26,29-36,38-54,57,83,85H2,1H3,(H2,84,110)(H,87,101)(H,88,102)(H,89,103)(H,90,104)(H,91,105)(H,92,113)(H,93,115)(H,95,106)(H,96,107)(H,97,111)(H,99,112)(H,108,109)(H2,94,98,114)(H2,117,118,119)(H2,120,121,122)/b61-56-/t64-,65-,66-/m0/s1. The van der Waals surface area contributed by atoms with Crippen LogP contribution in [0.2, 0.25) is 0 Å². The average Bonchev–Trinajstić information content (AvgIpc) is 0.594. The Bertz CT molecular complexity index is 4140. The van der Waals surface area contributed by atoms with Gasteiger partial charge in [0.2, 0.25) is 65.0 Å². The van der Waals surface area contributed by atoms with Crippen LogP contribution in [-0.4, -0.2) is 263 Å². The minimum atomic E-state index is -5.64. The smallest absolute Gasteiger partial charge is 0.407 e. The van der Waals surface area contributed by atoms with Gasteiger partial charge in [0, 0.05) is 134 Å². The number of anilines is 2. The number of urea groups is 1. The number of primary amides is 1. The van der Waals surface area contributed by atoms with E-state index in [4.69, 9.17) is 41.0 Å². The van der Waals surface area contributed by atoms with Crippen molar-refractivity contribution in [2.75, 3.05) is 122 Å². The lowest BCUT2D eigenvalue weighted by Gasteiger charge is -2.38. The number of rotatable bonds is 67. The Kier molecular flexibility index (Phi) is 52.8. The molecule has 25 N–H and O–H groups in total. The van der Waals surface area contributed by atoms with E-state index in [9.17, 15) is 106 Å². The van der Waals surface area contributed by atoms with Crippen molar-refractivity contribution >= 4 is 110 Å². The largest absolute Gasteiger partial charge is 0.481 e. The van der Waals surface area contributed by atoms with Gasteiger partial charge in [-0.2, -0.15) is 0 Å². The molecule has 1 fully saturated rings. The van der Waals surface area contributed by atoms with Gasteiger partial charge < -0.3 is 139 Å². The molecule has 47 heteroatoms. The van der Waals surface area contributed by atoms with Gasteiger partial charge in [-0.1, -0.05) is 55.7 Å². The van der Waals surface area contributed by atoms with Crippen molar-refractivity contribution in [2.45, 2.75) is 203 Å². The summed E-state index contributed by atoms with van der Waals surface area (Å²) < 4.78 is 49.9. The molecule has 0 bridgehead atoms. The number of hydrogen-bond acceptors (Lipinski definition) is 26. The molecule has 1 aliphatic carbocycles. The van der Waals surface area contributed by atoms with E-state index < -0.39 is 123 Å². The van der Waals surface area contributed by atoms with Crippen molar-refractivity contribution in [2.24, 2.45) is 17.3 Å². The maximum absolute atomic E-state index is 14.4. The Hall–Kier alpha value is -10.8. The number of aryl methyl sites for hydroxylation is 2. The number of alkyl carbamates (subject to hydrolysis) is 1. The van der Waals surface area contributed by atoms with Crippen LogP contribution in [0.5, 0.6) is 0 Å². The van der Waals surface area contributed by atoms with Gasteiger partial charge >= 0.3 is 33.3 Å². The predicted octanol–water partition coefficient (Wildman–Crippen LogP) is 0.542. The van der Waals surface area contributed by atoms with E-state index in [1.165, 1.54) is 11.2 Å². The number of unbranched alkanes of at least 4 members (excludes halogenated alkanes) is 3. The van der Waals surface area contributed by atoms with E-state index in [0.29, 0.717) is 74.7 Å². The fourth-order valence-corrected chi connectivity index (χ4v) is 15.1. The summed E-state index contributed by atoms with van der Waals surface area (Å²) in [5, 5.41) is 52.3. The summed E-state index contributed by atoms with van der Waals surface area (Å²) in [5.41, 5.74) is 13.4. The Balaban J connectivity index is 1.03. The van der Waals surface area contributed by atoms with Crippen molar-refractivity contribution in [3.63, 3.8) is 0 Å². The number of aliphatic carboxylic acids is 1. The molecular formula is C82H130N18O27P2. The number of nitrogens with two attached hydrogens (primary N) is 3. The zero-order chi connectivity index (χ0) is 94.9. The summed E-state index contributed by atoms with van der Waals surface area (Å²) in [5.74, 6) is -0.575. The number of pyridine rings is 1. The molecule has 0 unspecified atom stereocenters. The van der Waals surface area contributed by atoms with Crippen LogP contribution in [0.15, 0.2) is 85.0 Å². The first-order valence-corrected chi connectivity index (χ1v) is 46.2. The molecule has 45 nitrogen and oxygen atoms in total. The quantitative estimate of drug-likeness (QED) is 0.0159. The topological polar surface area (TPSA) is 691 Å². The molecule has 0 aliphatic heterocycles. The fourth-order valence-electron chi connectivity index (χ4n) is 12.9. The molecule has 3 aromatic rings. The SMILES string of the molecule is Cc1ccccc1NC(=O)Nc1ccc(CC(=O)N[C@@H](CCCCNC(=O)CCc2cccnc2)C(=O)N[C@@H](CCCC(=O)O)C(=O)NC2(C(=O)NCCOCCOCCNC(=O)CCC(=O)NCCOCCOCCNC(=O)CCC(=O)N[C@@H](CCCCNC(=O)CCCCN(N)/C=C(\N)COC(=O)NCCCC(O)(P(=O)(O)O)P(=O)(O)O)C(N)=O)CCCCC2)cc1. The highest BCUT2D eigenvalue weighted by molar-refractivity contribution is 7.72. The molecule has 129 heavy (non-hydrogen) atoms. The third kappa shape index (κ3) is 47.9. The van der Waals surface area contributed by atoms with Crippen LogP contribution in [0, 0.1) is 6.92 Å². The number of hydrazine groups is 1. The maximum atomic E-state index is 14.4. The lowest BCUT2D eigenvalue weighted by atomic mass is 9.80. The number of aromatic nitrogens is 1. The van der Waals surface area contributed by atoms with Gasteiger partial charge in [-0.15, -0.1) is 0 Å². The zero-order valence-corrected chi connectivity index (χ0v) is 74.7. The summed E-state index contributed by atoms with van der Waals surface area (Å²) in [6.45, 7) is 3.59. The normalized spacial score (nSPS) is 13.3. The van der Waals surface area contributed by atoms with E-state index in [1.807, 2.05) is 25.1 Å². The van der Waals surface area contributed by atoms with Crippen molar-refractivity contribution in [3.05, 3.63) is 102 Å². The first-order chi connectivity index (χ1) is 61.5. The van der Waals surface area contributed by atoms with Gasteiger partial charge in [-0.05, 0) is 138 Å². The molecule has 0 spiro atoms. The first-order valence-electron chi connectivity index (χ1n) is 43.0. The van der Waals surface area contributed by atoms with Crippen molar-refractivity contribution in [1.82, 2.24) is 68.5 Å². The number of carboxylic acid groups (broad SMARTS) is 1. The number of amides is 14. The summed E-state index contributed by atoms with van der Waals surface area (Å²) >= 11 is 0. The Morgan fingerprint density at radius 3 is 1.58 bits per heavy atom. The number of para-hydroxylation sites is 1. The first kappa shape index (κ1) is 110. The third-order valence-electron chi connectivity index (χ3n) is 20.0. The third-order valence-corrected chi connectivity index (χ3v) is 23.8. The van der Waals surface area contributed by atoms with Crippen molar-refractivity contribution in [3.8, 4) is 0 Å². The van der Waals surface area contributed by atoms with E-state index in [-0.39, 0.29) is 224 Å². The second-order valence-corrected chi connectivity index (χ2v) is 34.6. The Labute approximate surface area is 748 Å². The van der Waals surface area contributed by atoms with Gasteiger partial charge in [0.15, 0.2) is 0 Å². The van der Waals surface area contributed by atoms with Gasteiger partial charge in [-0.25, -0.2) is 15.4 Å². The van der Waals surface area contributed by atoms with Crippen LogP contribution in [0.3, 0.4) is 0 Å². The number of benzene rings is 2. The minimum Gasteiger partial charge on any atom is -0.481 e. The van der Waals surface area contributed by atoms with Gasteiger partial charge in [-0.3, -0.25) is 71.6 Å². The second kappa shape index (κ2) is 61.6. The van der Waals surface area contributed by atoms with Crippen LogP contribution in [0.4, 0.5) is 21.0 Å².